The number of anilines is 1. The minimum Gasteiger partial charge on any atom is -0.483 e. The van der Waals surface area contributed by atoms with E-state index in [2.05, 4.69) is 19.2 Å². The van der Waals surface area contributed by atoms with Crippen LogP contribution in [-0.4, -0.2) is 25.6 Å². The Kier molecular flexibility index (Phi) is 6.90. The van der Waals surface area contributed by atoms with E-state index in [1.165, 1.54) is 18.4 Å². The molecule has 1 N–H and O–H groups in total. The third-order valence-electron chi connectivity index (χ3n) is 4.69. The van der Waals surface area contributed by atoms with Gasteiger partial charge in [0.1, 0.15) is 16.3 Å². The average molecular weight is 424 g/mol. The second-order valence-corrected chi connectivity index (χ2v) is 8.35. The number of esters is 1. The van der Waals surface area contributed by atoms with Crippen LogP contribution in [0.1, 0.15) is 40.6 Å². The van der Waals surface area contributed by atoms with Gasteiger partial charge in [-0.25, -0.2) is 4.79 Å². The van der Waals surface area contributed by atoms with Gasteiger partial charge in [-0.15, -0.1) is 11.3 Å². The van der Waals surface area contributed by atoms with Crippen LogP contribution in [0.2, 0.25) is 0 Å². The standard InChI is InChI=1S/C24H25NO4S/c1-15(2)18-12-8-9-13-19(18)29-14-20(26)25-23-22(24(27)28-4)21(16(3)30-23)17-10-6-5-7-11-17/h5-13,15H,14H2,1-4H3,(H,25,26). The van der Waals surface area contributed by atoms with E-state index in [0.29, 0.717) is 16.3 Å². The number of amides is 1. The van der Waals surface area contributed by atoms with Gasteiger partial charge in [-0.2, -0.15) is 0 Å². The summed E-state index contributed by atoms with van der Waals surface area (Å²) in [5.74, 6) is 0.144. The van der Waals surface area contributed by atoms with Gasteiger partial charge < -0.3 is 14.8 Å². The maximum absolute atomic E-state index is 12.6. The third kappa shape index (κ3) is 4.71. The van der Waals surface area contributed by atoms with Crippen LogP contribution >= 0.6 is 11.3 Å². The van der Waals surface area contributed by atoms with Crippen molar-refractivity contribution in [2.75, 3.05) is 19.0 Å². The highest BCUT2D eigenvalue weighted by Crippen LogP contribution is 2.40. The number of carbonyl (C=O) groups is 2. The van der Waals surface area contributed by atoms with Gasteiger partial charge in [0, 0.05) is 10.4 Å². The Morgan fingerprint density at radius 3 is 2.37 bits per heavy atom. The second kappa shape index (κ2) is 9.59. The minimum atomic E-state index is -0.487. The number of hydrogen-bond acceptors (Lipinski definition) is 5. The van der Waals surface area contributed by atoms with Crippen molar-refractivity contribution in [2.45, 2.75) is 26.7 Å². The van der Waals surface area contributed by atoms with Crippen molar-refractivity contribution >= 4 is 28.2 Å². The average Bonchev–Trinajstić information content (AvgIpc) is 3.07. The number of carbonyl (C=O) groups excluding carboxylic acids is 2. The fourth-order valence-electron chi connectivity index (χ4n) is 3.28. The fourth-order valence-corrected chi connectivity index (χ4v) is 4.36. The largest absolute Gasteiger partial charge is 0.483 e. The number of aryl methyl sites for hydroxylation is 1. The van der Waals surface area contributed by atoms with Gasteiger partial charge in [0.2, 0.25) is 0 Å². The van der Waals surface area contributed by atoms with E-state index in [0.717, 1.165) is 21.6 Å². The summed E-state index contributed by atoms with van der Waals surface area (Å²) < 4.78 is 10.7. The van der Waals surface area contributed by atoms with Gasteiger partial charge in [0.25, 0.3) is 5.91 Å². The first-order valence-corrected chi connectivity index (χ1v) is 10.5. The van der Waals surface area contributed by atoms with Crippen LogP contribution < -0.4 is 10.1 Å². The Bertz CT molecular complexity index is 1040. The molecule has 0 aliphatic carbocycles. The van der Waals surface area contributed by atoms with Crippen LogP contribution in [0, 0.1) is 6.92 Å². The van der Waals surface area contributed by atoms with Crippen LogP contribution in [0.25, 0.3) is 11.1 Å². The van der Waals surface area contributed by atoms with Crippen molar-refractivity contribution < 1.29 is 19.1 Å². The lowest BCUT2D eigenvalue weighted by molar-refractivity contribution is -0.118. The smallest absolute Gasteiger partial charge is 0.341 e. The predicted molar refractivity (Wildman–Crippen MR) is 120 cm³/mol. The lowest BCUT2D eigenvalue weighted by atomic mass is 10.0. The normalized spacial score (nSPS) is 10.7. The van der Waals surface area contributed by atoms with Crippen molar-refractivity contribution in [3.8, 4) is 16.9 Å². The minimum absolute atomic E-state index is 0.151. The highest BCUT2D eigenvalue weighted by atomic mass is 32.1. The molecule has 1 heterocycles. The molecule has 1 aromatic heterocycles. The molecule has 0 unspecified atom stereocenters. The highest BCUT2D eigenvalue weighted by molar-refractivity contribution is 7.17. The summed E-state index contributed by atoms with van der Waals surface area (Å²) in [5.41, 5.74) is 3.07. The highest BCUT2D eigenvalue weighted by Gasteiger charge is 2.25. The molecule has 2 aromatic carbocycles. The molecule has 0 aliphatic rings. The Hall–Kier alpha value is -3.12. The molecule has 156 valence electrons. The zero-order valence-corrected chi connectivity index (χ0v) is 18.3. The van der Waals surface area contributed by atoms with Crippen molar-refractivity contribution in [1.82, 2.24) is 0 Å². The molecular formula is C24H25NO4S. The summed E-state index contributed by atoms with van der Waals surface area (Å²) in [7, 11) is 1.33. The van der Waals surface area contributed by atoms with E-state index in [4.69, 9.17) is 9.47 Å². The van der Waals surface area contributed by atoms with E-state index in [1.807, 2.05) is 61.5 Å². The monoisotopic (exact) mass is 423 g/mol. The topological polar surface area (TPSA) is 64.6 Å². The summed E-state index contributed by atoms with van der Waals surface area (Å²) >= 11 is 1.35. The van der Waals surface area contributed by atoms with Crippen LogP contribution in [0.3, 0.4) is 0 Å². The van der Waals surface area contributed by atoms with E-state index >= 15 is 0 Å². The molecule has 0 aliphatic heterocycles. The van der Waals surface area contributed by atoms with Gasteiger partial charge in [-0.1, -0.05) is 62.4 Å². The molecule has 0 saturated carbocycles. The summed E-state index contributed by atoms with van der Waals surface area (Å²) in [5, 5.41) is 3.29. The van der Waals surface area contributed by atoms with E-state index in [-0.39, 0.29) is 18.4 Å². The molecule has 3 rings (SSSR count). The molecule has 0 saturated heterocycles. The molecule has 5 nitrogen and oxygen atoms in total. The number of ether oxygens (including phenoxy) is 2. The summed E-state index contributed by atoms with van der Waals surface area (Å²) in [6.07, 6.45) is 0. The fraction of sp³-hybridized carbons (Fsp3) is 0.250. The molecule has 0 spiro atoms. The Morgan fingerprint density at radius 2 is 1.70 bits per heavy atom. The summed E-state index contributed by atoms with van der Waals surface area (Å²) in [6.45, 7) is 5.92. The first-order valence-electron chi connectivity index (χ1n) is 9.71. The number of nitrogens with one attached hydrogen (secondary N) is 1. The number of thiophene rings is 1. The van der Waals surface area contributed by atoms with Crippen molar-refractivity contribution in [3.05, 3.63) is 70.6 Å². The molecule has 0 atom stereocenters. The van der Waals surface area contributed by atoms with Gasteiger partial charge in [-0.3, -0.25) is 4.79 Å². The number of rotatable bonds is 7. The predicted octanol–water partition coefficient (Wildman–Crippen LogP) is 5.65. The van der Waals surface area contributed by atoms with Crippen LogP contribution in [0.4, 0.5) is 5.00 Å². The Labute approximate surface area is 180 Å². The molecule has 6 heteroatoms. The molecule has 0 bridgehead atoms. The van der Waals surface area contributed by atoms with E-state index in [9.17, 15) is 9.59 Å². The SMILES string of the molecule is COC(=O)c1c(NC(=O)COc2ccccc2C(C)C)sc(C)c1-c1ccccc1. The first kappa shape index (κ1) is 21.6. The van der Waals surface area contributed by atoms with Crippen molar-refractivity contribution in [3.63, 3.8) is 0 Å². The molecule has 30 heavy (non-hydrogen) atoms. The van der Waals surface area contributed by atoms with Gasteiger partial charge in [0.05, 0.1) is 7.11 Å². The molecule has 0 radical (unpaired) electrons. The zero-order chi connectivity index (χ0) is 21.7. The lowest BCUT2D eigenvalue weighted by Crippen LogP contribution is -2.21. The molecule has 3 aromatic rings. The molecular weight excluding hydrogens is 398 g/mol. The van der Waals surface area contributed by atoms with E-state index in [1.54, 1.807) is 0 Å². The zero-order valence-electron chi connectivity index (χ0n) is 17.5. The number of para-hydroxylation sites is 1. The Balaban J connectivity index is 1.83. The number of hydrogen-bond donors (Lipinski definition) is 1. The number of benzene rings is 2. The quantitative estimate of drug-likeness (QED) is 0.499. The maximum atomic E-state index is 12.6. The van der Waals surface area contributed by atoms with Crippen LogP contribution in [0.15, 0.2) is 54.6 Å². The van der Waals surface area contributed by atoms with Crippen LogP contribution in [-0.2, 0) is 9.53 Å². The van der Waals surface area contributed by atoms with E-state index < -0.39 is 5.97 Å². The van der Waals surface area contributed by atoms with Crippen molar-refractivity contribution in [2.24, 2.45) is 0 Å². The molecule has 1 amide bonds. The summed E-state index contributed by atoms with van der Waals surface area (Å²) in [4.78, 5) is 26.0. The van der Waals surface area contributed by atoms with Gasteiger partial charge >= 0.3 is 5.97 Å². The van der Waals surface area contributed by atoms with Gasteiger partial charge in [-0.05, 0) is 30.0 Å². The summed E-state index contributed by atoms with van der Waals surface area (Å²) in [6, 6.07) is 17.3. The first-order chi connectivity index (χ1) is 14.4. The second-order valence-electron chi connectivity index (χ2n) is 7.12. The van der Waals surface area contributed by atoms with Gasteiger partial charge in [0.15, 0.2) is 6.61 Å². The molecule has 0 fully saturated rings. The maximum Gasteiger partial charge on any atom is 0.341 e. The third-order valence-corrected chi connectivity index (χ3v) is 5.71. The number of methoxy groups -OCH3 is 1. The van der Waals surface area contributed by atoms with Crippen molar-refractivity contribution in [1.29, 1.82) is 0 Å². The van der Waals surface area contributed by atoms with Crippen LogP contribution in [0.5, 0.6) is 5.75 Å². The lowest BCUT2D eigenvalue weighted by Gasteiger charge is -2.13. The Morgan fingerprint density at radius 1 is 1.03 bits per heavy atom.